The first-order valence-electron chi connectivity index (χ1n) is 7.53. The van der Waals surface area contributed by atoms with E-state index < -0.39 is 0 Å². The van der Waals surface area contributed by atoms with Crippen LogP contribution < -0.4 is 10.6 Å². The number of hydrogen-bond acceptors (Lipinski definition) is 3. The number of hydrogen-bond donors (Lipinski definition) is 3. The summed E-state index contributed by atoms with van der Waals surface area (Å²) in [5.74, 6) is 0.418. The predicted molar refractivity (Wildman–Crippen MR) is 81.1 cm³/mol. The molecule has 5 heteroatoms. The van der Waals surface area contributed by atoms with Gasteiger partial charge in [-0.2, -0.15) is 0 Å². The third-order valence-electron chi connectivity index (χ3n) is 3.77. The van der Waals surface area contributed by atoms with Crippen LogP contribution in [0.25, 0.3) is 0 Å². The highest BCUT2D eigenvalue weighted by Crippen LogP contribution is 2.35. The Morgan fingerprint density at radius 3 is 3.00 bits per heavy atom. The van der Waals surface area contributed by atoms with Gasteiger partial charge in [-0.1, -0.05) is 31.2 Å². The van der Waals surface area contributed by atoms with Gasteiger partial charge in [-0.05, 0) is 29.9 Å². The van der Waals surface area contributed by atoms with Crippen LogP contribution in [0.15, 0.2) is 24.3 Å². The van der Waals surface area contributed by atoms with E-state index in [0.717, 1.165) is 12.8 Å². The number of carbonyl (C=O) groups excluding carboxylic acids is 1. The standard InChI is InChI=1S/C16H24N2O3/c1-12-11-13-5-2-3-6-14(13)15(12)18-16(20)17-7-4-9-21-10-8-19/h2-3,5-6,12,15,19H,4,7-11H2,1H3,(H2,17,18,20). The van der Waals surface area contributed by atoms with Gasteiger partial charge in [0, 0.05) is 13.2 Å². The maximum atomic E-state index is 11.9. The average molecular weight is 292 g/mol. The van der Waals surface area contributed by atoms with E-state index >= 15 is 0 Å². The highest BCUT2D eigenvalue weighted by atomic mass is 16.5. The summed E-state index contributed by atoms with van der Waals surface area (Å²) < 4.78 is 5.14. The smallest absolute Gasteiger partial charge is 0.315 e. The molecule has 5 nitrogen and oxygen atoms in total. The number of rotatable bonds is 7. The van der Waals surface area contributed by atoms with E-state index in [9.17, 15) is 4.79 Å². The lowest BCUT2D eigenvalue weighted by atomic mass is 10.0. The Morgan fingerprint density at radius 1 is 1.38 bits per heavy atom. The molecule has 21 heavy (non-hydrogen) atoms. The molecule has 1 aliphatic carbocycles. The highest BCUT2D eigenvalue weighted by molar-refractivity contribution is 5.74. The summed E-state index contributed by atoms with van der Waals surface area (Å²) in [6.45, 7) is 3.66. The lowest BCUT2D eigenvalue weighted by Crippen LogP contribution is -2.39. The summed E-state index contributed by atoms with van der Waals surface area (Å²) in [5, 5.41) is 14.5. The van der Waals surface area contributed by atoms with Crippen molar-refractivity contribution in [2.75, 3.05) is 26.4 Å². The van der Waals surface area contributed by atoms with Crippen LogP contribution in [0.1, 0.15) is 30.5 Å². The summed E-state index contributed by atoms with van der Waals surface area (Å²) in [5.41, 5.74) is 2.55. The molecule has 0 saturated heterocycles. The molecule has 116 valence electrons. The summed E-state index contributed by atoms with van der Waals surface area (Å²) in [6.07, 6.45) is 1.75. The molecule has 0 aromatic heterocycles. The molecule has 1 aromatic carbocycles. The van der Waals surface area contributed by atoms with Crippen molar-refractivity contribution < 1.29 is 14.6 Å². The minimum atomic E-state index is -0.134. The Balaban J connectivity index is 1.73. The van der Waals surface area contributed by atoms with Gasteiger partial charge in [-0.15, -0.1) is 0 Å². The van der Waals surface area contributed by atoms with Crippen LogP contribution in [-0.4, -0.2) is 37.5 Å². The lowest BCUT2D eigenvalue weighted by Gasteiger charge is -2.19. The summed E-state index contributed by atoms with van der Waals surface area (Å²) in [7, 11) is 0. The SMILES string of the molecule is CC1Cc2ccccc2C1NC(=O)NCCCOCCO. The van der Waals surface area contributed by atoms with E-state index in [1.807, 2.05) is 12.1 Å². The molecule has 2 unspecified atom stereocenters. The van der Waals surface area contributed by atoms with Gasteiger partial charge in [-0.25, -0.2) is 4.79 Å². The molecule has 2 rings (SSSR count). The monoisotopic (exact) mass is 292 g/mol. The molecular formula is C16H24N2O3. The van der Waals surface area contributed by atoms with Gasteiger partial charge in [0.25, 0.3) is 0 Å². The first kappa shape index (κ1) is 15.8. The zero-order valence-electron chi connectivity index (χ0n) is 12.5. The third-order valence-corrected chi connectivity index (χ3v) is 3.77. The van der Waals surface area contributed by atoms with Crippen molar-refractivity contribution in [1.29, 1.82) is 0 Å². The topological polar surface area (TPSA) is 70.6 Å². The average Bonchev–Trinajstić information content (AvgIpc) is 2.79. The molecule has 1 aliphatic rings. The minimum Gasteiger partial charge on any atom is -0.394 e. The number of amides is 2. The van der Waals surface area contributed by atoms with Crippen molar-refractivity contribution >= 4 is 6.03 Å². The fraction of sp³-hybridized carbons (Fsp3) is 0.562. The number of aliphatic hydroxyl groups excluding tert-OH is 1. The number of ether oxygens (including phenoxy) is 1. The lowest BCUT2D eigenvalue weighted by molar-refractivity contribution is 0.0909. The number of benzene rings is 1. The molecule has 2 amide bonds. The number of carbonyl (C=O) groups is 1. The molecule has 0 radical (unpaired) electrons. The predicted octanol–water partition coefficient (Wildman–Crippen LogP) is 1.62. The van der Waals surface area contributed by atoms with Gasteiger partial charge < -0.3 is 20.5 Å². The van der Waals surface area contributed by atoms with Crippen LogP contribution in [0.5, 0.6) is 0 Å². The third kappa shape index (κ3) is 4.44. The first-order valence-corrected chi connectivity index (χ1v) is 7.53. The molecule has 0 spiro atoms. The van der Waals surface area contributed by atoms with Crippen molar-refractivity contribution in [3.8, 4) is 0 Å². The van der Waals surface area contributed by atoms with Crippen LogP contribution in [0, 0.1) is 5.92 Å². The molecule has 0 heterocycles. The van der Waals surface area contributed by atoms with E-state index in [4.69, 9.17) is 9.84 Å². The molecule has 0 fully saturated rings. The van der Waals surface area contributed by atoms with Gasteiger partial charge in [-0.3, -0.25) is 0 Å². The van der Waals surface area contributed by atoms with E-state index in [1.165, 1.54) is 11.1 Å². The van der Waals surface area contributed by atoms with Crippen molar-refractivity contribution in [2.45, 2.75) is 25.8 Å². The second-order valence-corrected chi connectivity index (χ2v) is 5.45. The van der Waals surface area contributed by atoms with Crippen molar-refractivity contribution in [2.24, 2.45) is 5.92 Å². The molecule has 2 atom stereocenters. The number of nitrogens with one attached hydrogen (secondary N) is 2. The maximum Gasteiger partial charge on any atom is 0.315 e. The van der Waals surface area contributed by atoms with E-state index in [-0.39, 0.29) is 18.7 Å². The Morgan fingerprint density at radius 2 is 2.19 bits per heavy atom. The Hall–Kier alpha value is -1.59. The van der Waals surface area contributed by atoms with Gasteiger partial charge in [0.05, 0.1) is 19.3 Å². The molecule has 0 aliphatic heterocycles. The zero-order valence-corrected chi connectivity index (χ0v) is 12.5. The van der Waals surface area contributed by atoms with Crippen LogP contribution in [-0.2, 0) is 11.2 Å². The second kappa shape index (κ2) is 8.00. The van der Waals surface area contributed by atoms with Gasteiger partial charge in [0.15, 0.2) is 0 Å². The fourth-order valence-corrected chi connectivity index (χ4v) is 2.75. The minimum absolute atomic E-state index is 0.0346. The van der Waals surface area contributed by atoms with Crippen LogP contribution >= 0.6 is 0 Å². The van der Waals surface area contributed by atoms with E-state index in [1.54, 1.807) is 0 Å². The van der Waals surface area contributed by atoms with Crippen molar-refractivity contribution in [3.05, 3.63) is 35.4 Å². The first-order chi connectivity index (χ1) is 10.2. The maximum absolute atomic E-state index is 11.9. The zero-order chi connectivity index (χ0) is 15.1. The Bertz CT molecular complexity index is 465. The molecule has 0 saturated carbocycles. The van der Waals surface area contributed by atoms with E-state index in [2.05, 4.69) is 29.7 Å². The number of aliphatic hydroxyl groups is 1. The van der Waals surface area contributed by atoms with Crippen LogP contribution in [0.3, 0.4) is 0 Å². The number of urea groups is 1. The quantitative estimate of drug-likeness (QED) is 0.669. The van der Waals surface area contributed by atoms with Crippen LogP contribution in [0.4, 0.5) is 4.79 Å². The molecule has 0 bridgehead atoms. The molecule has 3 N–H and O–H groups in total. The van der Waals surface area contributed by atoms with Gasteiger partial charge in [0.2, 0.25) is 0 Å². The highest BCUT2D eigenvalue weighted by Gasteiger charge is 2.29. The largest absolute Gasteiger partial charge is 0.394 e. The molecule has 1 aromatic rings. The van der Waals surface area contributed by atoms with Crippen LogP contribution in [0.2, 0.25) is 0 Å². The fourth-order valence-electron chi connectivity index (χ4n) is 2.75. The Labute approximate surface area is 125 Å². The van der Waals surface area contributed by atoms with E-state index in [0.29, 0.717) is 25.7 Å². The second-order valence-electron chi connectivity index (χ2n) is 5.45. The van der Waals surface area contributed by atoms with Crippen molar-refractivity contribution in [1.82, 2.24) is 10.6 Å². The van der Waals surface area contributed by atoms with Gasteiger partial charge in [0.1, 0.15) is 0 Å². The van der Waals surface area contributed by atoms with Crippen molar-refractivity contribution in [3.63, 3.8) is 0 Å². The Kier molecular flexibility index (Phi) is 6.02. The van der Waals surface area contributed by atoms with Gasteiger partial charge >= 0.3 is 6.03 Å². The number of fused-ring (bicyclic) bond motifs is 1. The summed E-state index contributed by atoms with van der Waals surface area (Å²) in [4.78, 5) is 11.9. The normalized spacial score (nSPS) is 20.1. The molecular weight excluding hydrogens is 268 g/mol. The summed E-state index contributed by atoms with van der Waals surface area (Å²) >= 11 is 0. The summed E-state index contributed by atoms with van der Waals surface area (Å²) in [6, 6.07) is 8.23.